The monoisotopic (exact) mass is 331 g/mol. The second-order valence-electron chi connectivity index (χ2n) is 5.53. The van der Waals surface area contributed by atoms with Gasteiger partial charge in [-0.15, -0.1) is 0 Å². The number of carbonyl (C=O) groups excluding carboxylic acids is 2. The molecule has 6 heteroatoms. The van der Waals surface area contributed by atoms with Gasteiger partial charge in [0.2, 0.25) is 5.43 Å². The van der Waals surface area contributed by atoms with Gasteiger partial charge in [-0.2, -0.15) is 0 Å². The Morgan fingerprint density at radius 2 is 1.96 bits per heavy atom. The lowest BCUT2D eigenvalue weighted by Gasteiger charge is -2.09. The van der Waals surface area contributed by atoms with Crippen LogP contribution in [0, 0.1) is 6.92 Å². The van der Waals surface area contributed by atoms with Crippen LogP contribution >= 0.6 is 0 Å². The van der Waals surface area contributed by atoms with Gasteiger partial charge in [0.15, 0.2) is 0 Å². The van der Waals surface area contributed by atoms with Crippen LogP contribution in [0.2, 0.25) is 0 Å². The van der Waals surface area contributed by atoms with Crippen LogP contribution in [0.15, 0.2) is 23.1 Å². The molecule has 0 bridgehead atoms. The van der Waals surface area contributed by atoms with Crippen molar-refractivity contribution < 1.29 is 19.1 Å². The standard InChI is InChI=1S/C18H21NO5/c1-4-23-18(22)15-10-19-16-11(2)8-13(9-14(16)17(15)21)6-5-7-24-12(3)20/h8-10H,4-7H2,1-3H3,(H,19,21). The van der Waals surface area contributed by atoms with E-state index in [1.165, 1.54) is 13.1 Å². The fraction of sp³-hybridized carbons (Fsp3) is 0.389. The van der Waals surface area contributed by atoms with Crippen LogP contribution in [0.3, 0.4) is 0 Å². The lowest BCUT2D eigenvalue weighted by atomic mass is 10.0. The first-order chi connectivity index (χ1) is 11.4. The molecular weight excluding hydrogens is 310 g/mol. The highest BCUT2D eigenvalue weighted by Gasteiger charge is 2.15. The van der Waals surface area contributed by atoms with Gasteiger partial charge in [-0.1, -0.05) is 6.07 Å². The zero-order chi connectivity index (χ0) is 17.7. The molecule has 1 heterocycles. The topological polar surface area (TPSA) is 85.5 Å². The highest BCUT2D eigenvalue weighted by molar-refractivity contribution is 5.94. The number of hydrogen-bond acceptors (Lipinski definition) is 5. The summed E-state index contributed by atoms with van der Waals surface area (Å²) >= 11 is 0. The van der Waals surface area contributed by atoms with E-state index in [0.717, 1.165) is 11.1 Å². The molecule has 2 rings (SSSR count). The predicted octanol–water partition coefficient (Wildman–Crippen LogP) is 2.51. The van der Waals surface area contributed by atoms with Crippen LogP contribution < -0.4 is 5.43 Å². The van der Waals surface area contributed by atoms with Crippen molar-refractivity contribution in [1.82, 2.24) is 4.98 Å². The van der Waals surface area contributed by atoms with E-state index in [1.807, 2.05) is 13.0 Å². The zero-order valence-corrected chi connectivity index (χ0v) is 14.1. The summed E-state index contributed by atoms with van der Waals surface area (Å²) in [5.41, 5.74) is 2.24. The van der Waals surface area contributed by atoms with Crippen molar-refractivity contribution >= 4 is 22.8 Å². The van der Waals surface area contributed by atoms with Crippen molar-refractivity contribution in [2.24, 2.45) is 0 Å². The first-order valence-corrected chi connectivity index (χ1v) is 7.89. The second-order valence-corrected chi connectivity index (χ2v) is 5.53. The van der Waals surface area contributed by atoms with Crippen molar-refractivity contribution in [1.29, 1.82) is 0 Å². The number of esters is 2. The maximum atomic E-state index is 12.6. The Kier molecular flexibility index (Phi) is 5.73. The third kappa shape index (κ3) is 4.01. The largest absolute Gasteiger partial charge is 0.466 e. The Labute approximate surface area is 139 Å². The summed E-state index contributed by atoms with van der Waals surface area (Å²) in [7, 11) is 0. The van der Waals surface area contributed by atoms with Crippen molar-refractivity contribution in [3.8, 4) is 0 Å². The molecule has 1 aromatic heterocycles. The summed E-state index contributed by atoms with van der Waals surface area (Å²) in [6.07, 6.45) is 2.74. The van der Waals surface area contributed by atoms with Gasteiger partial charge in [0.25, 0.3) is 0 Å². The Morgan fingerprint density at radius 1 is 1.21 bits per heavy atom. The number of H-pyrrole nitrogens is 1. The molecule has 0 atom stereocenters. The summed E-state index contributed by atoms with van der Waals surface area (Å²) in [6, 6.07) is 3.76. The molecule has 1 N–H and O–H groups in total. The normalized spacial score (nSPS) is 10.6. The van der Waals surface area contributed by atoms with Crippen LogP contribution in [-0.2, 0) is 20.7 Å². The maximum absolute atomic E-state index is 12.6. The van der Waals surface area contributed by atoms with Gasteiger partial charge in [0.1, 0.15) is 5.56 Å². The first-order valence-electron chi connectivity index (χ1n) is 7.89. The van der Waals surface area contributed by atoms with E-state index in [9.17, 15) is 14.4 Å². The molecule has 0 aliphatic heterocycles. The Bertz CT molecular complexity index is 822. The Morgan fingerprint density at radius 3 is 2.62 bits per heavy atom. The van der Waals surface area contributed by atoms with Gasteiger partial charge >= 0.3 is 11.9 Å². The van der Waals surface area contributed by atoms with E-state index in [1.54, 1.807) is 13.0 Å². The van der Waals surface area contributed by atoms with Crippen molar-refractivity contribution in [3.05, 3.63) is 45.2 Å². The molecule has 24 heavy (non-hydrogen) atoms. The number of pyridine rings is 1. The average Bonchev–Trinajstić information content (AvgIpc) is 2.52. The fourth-order valence-corrected chi connectivity index (χ4v) is 2.58. The van der Waals surface area contributed by atoms with E-state index < -0.39 is 5.97 Å². The van der Waals surface area contributed by atoms with Crippen LogP contribution in [0.1, 0.15) is 41.8 Å². The van der Waals surface area contributed by atoms with E-state index in [2.05, 4.69) is 4.98 Å². The molecule has 0 spiro atoms. The van der Waals surface area contributed by atoms with Gasteiger partial charge in [0.05, 0.1) is 18.7 Å². The lowest BCUT2D eigenvalue weighted by Crippen LogP contribution is -2.18. The first kappa shape index (κ1) is 17.7. The van der Waals surface area contributed by atoms with Gasteiger partial charge in [0, 0.05) is 18.5 Å². The fourth-order valence-electron chi connectivity index (χ4n) is 2.58. The minimum atomic E-state index is -0.626. The second kappa shape index (κ2) is 7.77. The molecule has 0 fully saturated rings. The van der Waals surface area contributed by atoms with Gasteiger partial charge in [-0.05, 0) is 43.9 Å². The summed E-state index contributed by atoms with van der Waals surface area (Å²) in [5.74, 6) is -0.932. The van der Waals surface area contributed by atoms with E-state index >= 15 is 0 Å². The molecule has 1 aromatic carbocycles. The Balaban J connectivity index is 2.33. The molecule has 0 amide bonds. The average molecular weight is 331 g/mol. The third-order valence-electron chi connectivity index (χ3n) is 3.66. The van der Waals surface area contributed by atoms with Crippen LogP contribution in [0.25, 0.3) is 10.9 Å². The molecule has 128 valence electrons. The number of aryl methyl sites for hydroxylation is 2. The van der Waals surface area contributed by atoms with Gasteiger partial charge in [-0.3, -0.25) is 9.59 Å². The summed E-state index contributed by atoms with van der Waals surface area (Å²) in [4.78, 5) is 38.2. The number of rotatable bonds is 6. The Hall–Kier alpha value is -2.63. The SMILES string of the molecule is CCOC(=O)c1c[nH]c2c(C)cc(CCCOC(C)=O)cc2c1=O. The van der Waals surface area contributed by atoms with Gasteiger partial charge < -0.3 is 14.5 Å². The number of hydrogen-bond donors (Lipinski definition) is 1. The molecule has 0 saturated carbocycles. The van der Waals surface area contributed by atoms with E-state index in [4.69, 9.17) is 9.47 Å². The molecule has 0 unspecified atom stereocenters. The van der Waals surface area contributed by atoms with Crippen molar-refractivity contribution in [3.63, 3.8) is 0 Å². The van der Waals surface area contributed by atoms with Crippen molar-refractivity contribution in [2.75, 3.05) is 13.2 Å². The van der Waals surface area contributed by atoms with Crippen LogP contribution in [0.4, 0.5) is 0 Å². The summed E-state index contributed by atoms with van der Waals surface area (Å²) < 4.78 is 9.83. The molecule has 0 aliphatic rings. The predicted molar refractivity (Wildman–Crippen MR) is 90.2 cm³/mol. The summed E-state index contributed by atoms with van der Waals surface area (Å²) in [5, 5.41) is 0.461. The number of nitrogens with one attached hydrogen (secondary N) is 1. The van der Waals surface area contributed by atoms with Crippen LogP contribution in [0.5, 0.6) is 0 Å². The highest BCUT2D eigenvalue weighted by Crippen LogP contribution is 2.18. The van der Waals surface area contributed by atoms with E-state index in [0.29, 0.717) is 30.4 Å². The maximum Gasteiger partial charge on any atom is 0.343 e. The molecular formula is C18H21NO5. The minimum absolute atomic E-state index is 0.000753. The van der Waals surface area contributed by atoms with Crippen molar-refractivity contribution in [2.45, 2.75) is 33.6 Å². The molecule has 2 aromatic rings. The lowest BCUT2D eigenvalue weighted by molar-refractivity contribution is -0.141. The number of fused-ring (bicyclic) bond motifs is 1. The third-order valence-corrected chi connectivity index (χ3v) is 3.66. The zero-order valence-electron chi connectivity index (χ0n) is 14.1. The number of ether oxygens (including phenoxy) is 2. The van der Waals surface area contributed by atoms with Gasteiger partial charge in [-0.25, -0.2) is 4.79 Å². The number of benzene rings is 1. The number of aromatic nitrogens is 1. The quantitative estimate of drug-likeness (QED) is 0.649. The van der Waals surface area contributed by atoms with E-state index in [-0.39, 0.29) is 23.6 Å². The summed E-state index contributed by atoms with van der Waals surface area (Å²) in [6.45, 7) is 5.52. The number of carbonyl (C=O) groups is 2. The molecule has 0 radical (unpaired) electrons. The minimum Gasteiger partial charge on any atom is -0.466 e. The van der Waals surface area contributed by atoms with Crippen LogP contribution in [-0.4, -0.2) is 30.1 Å². The smallest absolute Gasteiger partial charge is 0.343 e. The molecule has 6 nitrogen and oxygen atoms in total. The molecule has 0 aliphatic carbocycles. The number of aromatic amines is 1. The highest BCUT2D eigenvalue weighted by atomic mass is 16.5. The molecule has 0 saturated heterocycles.